The van der Waals surface area contributed by atoms with Crippen LogP contribution in [0.1, 0.15) is 29.8 Å². The molecule has 0 aromatic carbocycles. The van der Waals surface area contributed by atoms with Crippen molar-refractivity contribution in [1.29, 1.82) is 0 Å². The average molecular weight is 274 g/mol. The van der Waals surface area contributed by atoms with Gasteiger partial charge in [0.05, 0.1) is 19.6 Å². The predicted octanol–water partition coefficient (Wildman–Crippen LogP) is 1.91. The van der Waals surface area contributed by atoms with Crippen LogP contribution < -0.4 is 5.32 Å². The van der Waals surface area contributed by atoms with Gasteiger partial charge in [0.15, 0.2) is 0 Å². The molecule has 3 heterocycles. The van der Waals surface area contributed by atoms with Gasteiger partial charge >= 0.3 is 0 Å². The van der Waals surface area contributed by atoms with E-state index >= 15 is 0 Å². The Morgan fingerprint density at radius 3 is 3.15 bits per heavy atom. The maximum absolute atomic E-state index is 5.96. The van der Waals surface area contributed by atoms with Crippen LogP contribution in [-0.2, 0) is 26.2 Å². The minimum atomic E-state index is 0.812. The second kappa shape index (κ2) is 5.81. The van der Waals surface area contributed by atoms with E-state index in [1.54, 1.807) is 0 Å². The minimum absolute atomic E-state index is 0.812. The molecule has 0 saturated carbocycles. The number of nitrogens with one attached hydrogen (secondary N) is 1. The maximum Gasteiger partial charge on any atom is 0.122 e. The Kier molecular flexibility index (Phi) is 3.89. The molecule has 0 bridgehead atoms. The number of hydrogen-bond acceptors (Lipinski definition) is 4. The fourth-order valence-electron chi connectivity index (χ4n) is 2.66. The van der Waals surface area contributed by atoms with Crippen LogP contribution >= 0.6 is 0 Å². The van der Waals surface area contributed by atoms with E-state index in [1.165, 1.54) is 5.56 Å². The number of aryl methyl sites for hydroxylation is 1. The number of imidazole rings is 1. The average Bonchev–Trinajstić information content (AvgIpc) is 3.03. The fourth-order valence-corrected chi connectivity index (χ4v) is 2.66. The summed E-state index contributed by atoms with van der Waals surface area (Å²) in [4.78, 5) is 6.78. The summed E-state index contributed by atoms with van der Waals surface area (Å²) in [5.74, 6) is 3.25. The molecule has 0 saturated heterocycles. The van der Waals surface area contributed by atoms with Crippen LogP contribution in [0.5, 0.6) is 0 Å². The van der Waals surface area contributed by atoms with Crippen molar-refractivity contribution in [2.45, 2.75) is 40.0 Å². The summed E-state index contributed by atoms with van der Waals surface area (Å²) in [7, 11) is 0. The summed E-state index contributed by atoms with van der Waals surface area (Å²) in [6.07, 6.45) is 3.93. The third-order valence-electron chi connectivity index (χ3n) is 3.81. The minimum Gasteiger partial charge on any atom is -0.463 e. The zero-order chi connectivity index (χ0) is 13.9. The van der Waals surface area contributed by atoms with Crippen LogP contribution in [0.2, 0.25) is 0 Å². The maximum atomic E-state index is 5.96. The molecule has 0 unspecified atom stereocenters. The summed E-state index contributed by atoms with van der Waals surface area (Å²) >= 11 is 0. The van der Waals surface area contributed by atoms with Gasteiger partial charge in [0.25, 0.3) is 0 Å². The lowest BCUT2D eigenvalue weighted by Gasteiger charge is -2.26. The Hall–Kier alpha value is -1.59. The third-order valence-corrected chi connectivity index (χ3v) is 3.81. The van der Waals surface area contributed by atoms with E-state index < -0.39 is 0 Å². The van der Waals surface area contributed by atoms with E-state index in [1.807, 2.05) is 6.20 Å². The molecule has 0 amide bonds. The Labute approximate surface area is 119 Å². The van der Waals surface area contributed by atoms with Gasteiger partial charge in [0.1, 0.15) is 17.3 Å². The van der Waals surface area contributed by atoms with Gasteiger partial charge in [-0.2, -0.15) is 0 Å². The van der Waals surface area contributed by atoms with Crippen molar-refractivity contribution in [1.82, 2.24) is 19.8 Å². The second-order valence-electron chi connectivity index (χ2n) is 5.35. The molecule has 108 valence electrons. The molecule has 0 atom stereocenters. The third kappa shape index (κ3) is 2.78. The van der Waals surface area contributed by atoms with Crippen molar-refractivity contribution in [3.8, 4) is 0 Å². The molecule has 3 rings (SSSR count). The van der Waals surface area contributed by atoms with Crippen LogP contribution in [0.3, 0.4) is 0 Å². The van der Waals surface area contributed by atoms with Gasteiger partial charge in [-0.05, 0) is 25.1 Å². The molecule has 2 aromatic heterocycles. The number of hydrogen-bond donors (Lipinski definition) is 1. The van der Waals surface area contributed by atoms with Crippen molar-refractivity contribution in [2.75, 3.05) is 13.1 Å². The lowest BCUT2D eigenvalue weighted by Crippen LogP contribution is -2.33. The largest absolute Gasteiger partial charge is 0.463 e. The SMILES string of the molecule is CCNCc1oc(CN2CCn3ccnc3C2)cc1C. The first-order valence-corrected chi connectivity index (χ1v) is 7.27. The van der Waals surface area contributed by atoms with Gasteiger partial charge in [0, 0.05) is 25.5 Å². The molecular formula is C15H22N4O. The van der Waals surface area contributed by atoms with Crippen molar-refractivity contribution in [2.24, 2.45) is 0 Å². The predicted molar refractivity (Wildman–Crippen MR) is 77.2 cm³/mol. The molecule has 2 aromatic rings. The van der Waals surface area contributed by atoms with E-state index in [9.17, 15) is 0 Å². The normalized spacial score (nSPS) is 15.5. The van der Waals surface area contributed by atoms with Crippen molar-refractivity contribution in [3.05, 3.63) is 41.4 Å². The topological polar surface area (TPSA) is 46.2 Å². The molecule has 1 aliphatic heterocycles. The van der Waals surface area contributed by atoms with Gasteiger partial charge in [-0.25, -0.2) is 4.98 Å². The Balaban J connectivity index is 1.64. The summed E-state index contributed by atoms with van der Waals surface area (Å²) in [6, 6.07) is 2.16. The smallest absolute Gasteiger partial charge is 0.122 e. The number of rotatable bonds is 5. The molecule has 1 N–H and O–H groups in total. The number of furan rings is 1. The number of fused-ring (bicyclic) bond motifs is 1. The first-order valence-electron chi connectivity index (χ1n) is 7.27. The molecule has 0 radical (unpaired) electrons. The molecule has 5 nitrogen and oxygen atoms in total. The van der Waals surface area contributed by atoms with Crippen molar-refractivity contribution < 1.29 is 4.42 Å². The quantitative estimate of drug-likeness (QED) is 0.904. The second-order valence-corrected chi connectivity index (χ2v) is 5.35. The zero-order valence-electron chi connectivity index (χ0n) is 12.2. The molecule has 5 heteroatoms. The molecule has 0 aliphatic carbocycles. The highest BCUT2D eigenvalue weighted by Gasteiger charge is 2.18. The zero-order valence-corrected chi connectivity index (χ0v) is 12.2. The Morgan fingerprint density at radius 1 is 1.40 bits per heavy atom. The van der Waals surface area contributed by atoms with Crippen molar-refractivity contribution in [3.63, 3.8) is 0 Å². The van der Waals surface area contributed by atoms with E-state index in [-0.39, 0.29) is 0 Å². The Bertz CT molecular complexity index is 572. The van der Waals surface area contributed by atoms with Gasteiger partial charge in [0.2, 0.25) is 0 Å². The number of aromatic nitrogens is 2. The summed E-state index contributed by atoms with van der Waals surface area (Å²) in [5, 5.41) is 3.31. The van der Waals surface area contributed by atoms with Crippen LogP contribution in [0.4, 0.5) is 0 Å². The molecule has 0 spiro atoms. The van der Waals surface area contributed by atoms with Gasteiger partial charge in [-0.1, -0.05) is 6.92 Å². The van der Waals surface area contributed by atoms with E-state index in [2.05, 4.69) is 45.9 Å². The Morgan fingerprint density at radius 2 is 2.30 bits per heavy atom. The lowest BCUT2D eigenvalue weighted by atomic mass is 10.2. The molecule has 0 fully saturated rings. The summed E-state index contributed by atoms with van der Waals surface area (Å²) in [6.45, 7) is 9.81. The van der Waals surface area contributed by atoms with Gasteiger partial charge in [-0.3, -0.25) is 4.90 Å². The van der Waals surface area contributed by atoms with Gasteiger partial charge < -0.3 is 14.3 Å². The highest BCUT2D eigenvalue weighted by atomic mass is 16.3. The summed E-state index contributed by atoms with van der Waals surface area (Å²) in [5.41, 5.74) is 1.24. The molecular weight excluding hydrogens is 252 g/mol. The van der Waals surface area contributed by atoms with Crippen molar-refractivity contribution >= 4 is 0 Å². The fraction of sp³-hybridized carbons (Fsp3) is 0.533. The first kappa shape index (κ1) is 13.4. The molecule has 1 aliphatic rings. The van der Waals surface area contributed by atoms with E-state index in [4.69, 9.17) is 4.42 Å². The molecule has 20 heavy (non-hydrogen) atoms. The highest BCUT2D eigenvalue weighted by Crippen LogP contribution is 2.19. The van der Waals surface area contributed by atoms with Gasteiger partial charge in [-0.15, -0.1) is 0 Å². The van der Waals surface area contributed by atoms with E-state index in [0.717, 1.165) is 56.6 Å². The summed E-state index contributed by atoms with van der Waals surface area (Å²) < 4.78 is 8.18. The highest BCUT2D eigenvalue weighted by molar-refractivity contribution is 5.20. The number of nitrogens with zero attached hydrogens (tertiary/aromatic N) is 3. The van der Waals surface area contributed by atoms with E-state index in [0.29, 0.717) is 0 Å². The lowest BCUT2D eigenvalue weighted by molar-refractivity contribution is 0.192. The van der Waals surface area contributed by atoms with Crippen LogP contribution in [0.15, 0.2) is 22.9 Å². The monoisotopic (exact) mass is 274 g/mol. The first-order chi connectivity index (χ1) is 9.76. The van der Waals surface area contributed by atoms with Crippen LogP contribution in [-0.4, -0.2) is 27.5 Å². The van der Waals surface area contributed by atoms with Crippen LogP contribution in [0, 0.1) is 6.92 Å². The van der Waals surface area contributed by atoms with Crippen LogP contribution in [0.25, 0.3) is 0 Å². The standard InChI is InChI=1S/C15H22N4O/c1-3-16-9-14-12(2)8-13(20-14)10-18-6-7-19-5-4-17-15(19)11-18/h4-5,8,16H,3,6-7,9-11H2,1-2H3.